The summed E-state index contributed by atoms with van der Waals surface area (Å²) in [5.74, 6) is -0.0895. The van der Waals surface area contributed by atoms with Crippen molar-refractivity contribution in [3.63, 3.8) is 0 Å². The fraction of sp³-hybridized carbons (Fsp3) is 0.917. The van der Waals surface area contributed by atoms with E-state index in [0.29, 0.717) is 19.1 Å². The molecule has 0 saturated heterocycles. The van der Waals surface area contributed by atoms with E-state index in [9.17, 15) is 4.79 Å². The van der Waals surface area contributed by atoms with Crippen molar-refractivity contribution in [3.05, 3.63) is 0 Å². The lowest BCUT2D eigenvalue weighted by atomic mass is 10.3. The Kier molecular flexibility index (Phi) is 12.9. The number of rotatable bonds is 6. The van der Waals surface area contributed by atoms with Gasteiger partial charge >= 0.3 is 5.97 Å². The number of nitrogens with zero attached hydrogens (tertiary/aromatic N) is 2. The lowest BCUT2D eigenvalue weighted by Crippen LogP contribution is -3.00. The molecule has 4 nitrogen and oxygen atoms in total. The average Bonchev–Trinajstić information content (AvgIpc) is 2.08. The summed E-state index contributed by atoms with van der Waals surface area (Å²) in [5.41, 5.74) is 0. The zero-order valence-corrected chi connectivity index (χ0v) is 17.0. The third-order valence-corrected chi connectivity index (χ3v) is 2.79. The molecule has 0 aromatic heterocycles. The van der Waals surface area contributed by atoms with E-state index in [0.717, 1.165) is 15.5 Å². The lowest BCUT2D eigenvalue weighted by molar-refractivity contribution is -0.894. The standard InChI is InChI=1S/C12H28N2O2.2HI/c1-11(14(5,6)7)10-16-12(15)8-9-13(2,3)4;;/h11H,8-10H2,1-7H3;2*1H/q+2;;/p-2. The van der Waals surface area contributed by atoms with Crippen molar-refractivity contribution >= 4 is 5.97 Å². The first-order valence-electron chi connectivity index (χ1n) is 5.79. The monoisotopic (exact) mass is 486 g/mol. The Labute approximate surface area is 146 Å². The molecule has 0 aliphatic carbocycles. The number of carbonyl (C=O) groups is 1. The molecule has 1 unspecified atom stereocenters. The third kappa shape index (κ3) is 13.3. The Balaban J connectivity index is -0.00000112. The SMILES string of the molecule is CC(COC(=O)CC[N+](C)(C)C)[N+](C)(C)C.[I-].[I-]. The highest BCUT2D eigenvalue weighted by Crippen LogP contribution is 2.03. The Bertz CT molecular complexity index is 235. The van der Waals surface area contributed by atoms with Gasteiger partial charge in [0.15, 0.2) is 0 Å². The van der Waals surface area contributed by atoms with E-state index in [4.69, 9.17) is 4.74 Å². The second kappa shape index (κ2) is 9.71. The quantitative estimate of drug-likeness (QED) is 0.213. The number of ether oxygens (including phenoxy) is 1. The first-order valence-corrected chi connectivity index (χ1v) is 5.79. The molecule has 0 amide bonds. The van der Waals surface area contributed by atoms with E-state index in [1.165, 1.54) is 0 Å². The highest BCUT2D eigenvalue weighted by molar-refractivity contribution is 5.69. The fourth-order valence-corrected chi connectivity index (χ4v) is 0.936. The number of carbonyl (C=O) groups excluding carboxylic acids is 1. The Hall–Kier alpha value is 0.850. The van der Waals surface area contributed by atoms with Gasteiger partial charge in [-0.1, -0.05) is 0 Å². The van der Waals surface area contributed by atoms with Crippen LogP contribution in [-0.4, -0.2) is 76.4 Å². The Morgan fingerprint density at radius 2 is 1.50 bits per heavy atom. The molecule has 0 aliphatic heterocycles. The molecule has 0 spiro atoms. The van der Waals surface area contributed by atoms with Crippen LogP contribution in [0.5, 0.6) is 0 Å². The summed E-state index contributed by atoms with van der Waals surface area (Å²) in [5, 5.41) is 0. The Morgan fingerprint density at radius 3 is 1.83 bits per heavy atom. The van der Waals surface area contributed by atoms with Gasteiger partial charge in [-0.2, -0.15) is 0 Å². The van der Waals surface area contributed by atoms with Crippen LogP contribution in [-0.2, 0) is 9.53 Å². The van der Waals surface area contributed by atoms with E-state index in [1.807, 2.05) is 0 Å². The minimum Gasteiger partial charge on any atom is -1.00 e. The van der Waals surface area contributed by atoms with Gasteiger partial charge in [-0.05, 0) is 6.92 Å². The highest BCUT2D eigenvalue weighted by atomic mass is 127. The first-order chi connectivity index (χ1) is 7.02. The van der Waals surface area contributed by atoms with Crippen molar-refractivity contribution in [2.45, 2.75) is 19.4 Å². The number of hydrogen-bond acceptors (Lipinski definition) is 2. The van der Waals surface area contributed by atoms with Gasteiger partial charge in [0.25, 0.3) is 0 Å². The molecule has 0 radical (unpaired) electrons. The van der Waals surface area contributed by atoms with Crippen LogP contribution in [0.25, 0.3) is 0 Å². The van der Waals surface area contributed by atoms with Crippen LogP contribution in [0, 0.1) is 0 Å². The van der Waals surface area contributed by atoms with Gasteiger partial charge in [0.05, 0.1) is 55.3 Å². The van der Waals surface area contributed by atoms with Crippen molar-refractivity contribution in [2.24, 2.45) is 0 Å². The third-order valence-electron chi connectivity index (χ3n) is 2.79. The zero-order chi connectivity index (χ0) is 13.0. The molecule has 0 aliphatic rings. The summed E-state index contributed by atoms with van der Waals surface area (Å²) in [4.78, 5) is 11.5. The van der Waals surface area contributed by atoms with E-state index in [1.54, 1.807) is 0 Å². The molecule has 0 rings (SSSR count). The molecule has 0 N–H and O–H groups in total. The molecular formula is C12H28I2N2O2. The van der Waals surface area contributed by atoms with Crippen LogP contribution >= 0.6 is 0 Å². The van der Waals surface area contributed by atoms with Crippen molar-refractivity contribution in [1.29, 1.82) is 0 Å². The van der Waals surface area contributed by atoms with Gasteiger partial charge in [-0.25, -0.2) is 0 Å². The molecular weight excluding hydrogens is 458 g/mol. The zero-order valence-electron chi connectivity index (χ0n) is 12.7. The minimum absolute atomic E-state index is 0. The smallest absolute Gasteiger partial charge is 0.311 e. The summed E-state index contributed by atoms with van der Waals surface area (Å²) >= 11 is 0. The number of esters is 1. The maximum Gasteiger partial charge on any atom is 0.311 e. The molecule has 0 aromatic rings. The summed E-state index contributed by atoms with van der Waals surface area (Å²) in [6.45, 7) is 3.41. The van der Waals surface area contributed by atoms with Crippen molar-refractivity contribution in [2.75, 3.05) is 55.4 Å². The summed E-state index contributed by atoms with van der Waals surface area (Å²) in [6, 6.07) is 0.327. The normalized spacial score (nSPS) is 13.1. The molecule has 18 heavy (non-hydrogen) atoms. The number of hydrogen-bond donors (Lipinski definition) is 0. The summed E-state index contributed by atoms with van der Waals surface area (Å²) in [6.07, 6.45) is 0.493. The van der Waals surface area contributed by atoms with Gasteiger partial charge in [-0.15, -0.1) is 0 Å². The van der Waals surface area contributed by atoms with Crippen LogP contribution in [0.15, 0.2) is 0 Å². The molecule has 0 aromatic carbocycles. The van der Waals surface area contributed by atoms with Crippen LogP contribution in [0.2, 0.25) is 0 Å². The van der Waals surface area contributed by atoms with Crippen LogP contribution in [0.1, 0.15) is 13.3 Å². The fourth-order valence-electron chi connectivity index (χ4n) is 0.936. The summed E-state index contributed by atoms with van der Waals surface area (Å²) in [7, 11) is 12.5. The molecule has 1 atom stereocenters. The van der Waals surface area contributed by atoms with Crippen LogP contribution in [0.4, 0.5) is 0 Å². The van der Waals surface area contributed by atoms with E-state index >= 15 is 0 Å². The number of halogens is 2. The average molecular weight is 486 g/mol. The Morgan fingerprint density at radius 1 is 1.06 bits per heavy atom. The van der Waals surface area contributed by atoms with E-state index in [2.05, 4.69) is 49.2 Å². The molecule has 0 saturated carbocycles. The number of likely N-dealkylation sites (N-methyl/N-ethyl adjacent to an activating group) is 1. The van der Waals surface area contributed by atoms with Gasteiger partial charge in [0, 0.05) is 0 Å². The molecule has 0 fully saturated rings. The largest absolute Gasteiger partial charge is 1.00 e. The van der Waals surface area contributed by atoms with E-state index < -0.39 is 0 Å². The first kappa shape index (κ1) is 23.9. The lowest BCUT2D eigenvalue weighted by Gasteiger charge is -2.31. The second-order valence-electron chi connectivity index (χ2n) is 6.41. The second-order valence-corrected chi connectivity index (χ2v) is 6.41. The molecule has 0 bridgehead atoms. The van der Waals surface area contributed by atoms with Gasteiger partial charge in [-0.3, -0.25) is 4.79 Å². The van der Waals surface area contributed by atoms with Gasteiger partial charge in [0.1, 0.15) is 12.6 Å². The maximum absolute atomic E-state index is 11.5. The topological polar surface area (TPSA) is 26.3 Å². The molecule has 6 heteroatoms. The molecule has 112 valence electrons. The van der Waals surface area contributed by atoms with Crippen LogP contribution in [0.3, 0.4) is 0 Å². The summed E-state index contributed by atoms with van der Waals surface area (Å²) < 4.78 is 6.86. The predicted molar refractivity (Wildman–Crippen MR) is 66.0 cm³/mol. The highest BCUT2D eigenvalue weighted by Gasteiger charge is 2.20. The maximum atomic E-state index is 11.5. The predicted octanol–water partition coefficient (Wildman–Crippen LogP) is -5.27. The van der Waals surface area contributed by atoms with Gasteiger partial charge < -0.3 is 61.7 Å². The van der Waals surface area contributed by atoms with Crippen molar-refractivity contribution < 1.29 is 66.5 Å². The van der Waals surface area contributed by atoms with E-state index in [-0.39, 0.29) is 53.9 Å². The van der Waals surface area contributed by atoms with Crippen LogP contribution < -0.4 is 48.0 Å². The molecule has 0 heterocycles. The number of quaternary nitrogens is 2. The van der Waals surface area contributed by atoms with Crippen molar-refractivity contribution in [3.8, 4) is 0 Å². The minimum atomic E-state index is -0.0895. The van der Waals surface area contributed by atoms with Crippen molar-refractivity contribution in [1.82, 2.24) is 0 Å². The van der Waals surface area contributed by atoms with Gasteiger partial charge in [0.2, 0.25) is 0 Å².